The van der Waals surface area contributed by atoms with Crippen LogP contribution in [0.15, 0.2) is 58.3 Å². The molecule has 0 radical (unpaired) electrons. The van der Waals surface area contributed by atoms with Gasteiger partial charge in [0.2, 0.25) is 20.0 Å². The van der Waals surface area contributed by atoms with E-state index in [1.807, 2.05) is 33.5 Å². The number of carbonyl (C=O) groups is 2. The molecule has 0 unspecified atom stereocenters. The maximum atomic E-state index is 12.8. The molecule has 6 rings (SSSR count). The third-order valence-corrected chi connectivity index (χ3v) is 10.9. The van der Waals surface area contributed by atoms with Crippen LogP contribution in [0.4, 0.5) is 0 Å². The molecule has 0 saturated carbocycles. The average molecular weight is 836 g/mol. The lowest BCUT2D eigenvalue weighted by molar-refractivity contribution is 0.0730. The summed E-state index contributed by atoms with van der Waals surface area (Å²) in [6.45, 7) is 10.4. The minimum absolute atomic E-state index is 0.0486. The highest BCUT2D eigenvalue weighted by Gasteiger charge is 2.34. The summed E-state index contributed by atoms with van der Waals surface area (Å²) in [6.07, 6.45) is 0. The highest BCUT2D eigenvalue weighted by Crippen LogP contribution is 2.31. The third kappa shape index (κ3) is 11.8. The number of primary amides is 2. The number of benzene rings is 2. The van der Waals surface area contributed by atoms with Crippen molar-refractivity contribution in [2.24, 2.45) is 22.9 Å². The zero-order chi connectivity index (χ0) is 40.1. The van der Waals surface area contributed by atoms with Crippen molar-refractivity contribution < 1.29 is 35.9 Å². The largest absolute Gasteiger partial charge is 0.379 e. The van der Waals surface area contributed by atoms with E-state index in [0.29, 0.717) is 48.2 Å². The second-order valence-electron chi connectivity index (χ2n) is 9.51. The van der Waals surface area contributed by atoms with Crippen molar-refractivity contribution in [2.75, 3.05) is 72.5 Å². The van der Waals surface area contributed by atoms with Crippen LogP contribution in [0.5, 0.6) is 0 Å². The standard InChI is InChI=1S/2C13H15N3O4S.2C2H6.CH3Br.2CH5N/c2*14-13(17)11-12(9-3-1-2-4-10(9)15-11)21(18,19)16-5-7-20-8-6-16;5*1-2/h2*1-4,15H,5-8H2,(H2,14,17);2*1-2H3;1H3;2*2H2,1H3. The Morgan fingerprint density at radius 1 is 0.596 bits per heavy atom. The van der Waals surface area contributed by atoms with Crippen LogP contribution in [-0.2, 0) is 29.5 Å². The van der Waals surface area contributed by atoms with E-state index < -0.39 is 31.9 Å². The number of nitrogens with one attached hydrogen (secondary N) is 2. The number of carbonyl (C=O) groups excluding carboxylic acids is 2. The van der Waals surface area contributed by atoms with Crippen molar-refractivity contribution in [3.8, 4) is 0 Å². The Labute approximate surface area is 315 Å². The van der Waals surface area contributed by atoms with Crippen molar-refractivity contribution in [2.45, 2.75) is 37.5 Å². The van der Waals surface area contributed by atoms with Crippen LogP contribution < -0.4 is 22.9 Å². The molecule has 2 saturated heterocycles. The fraction of sp³-hybridized carbons (Fsp3) is 0.455. The van der Waals surface area contributed by atoms with E-state index >= 15 is 0 Å². The Morgan fingerprint density at radius 3 is 1.13 bits per heavy atom. The third-order valence-electron chi connectivity index (χ3n) is 6.95. The van der Waals surface area contributed by atoms with Gasteiger partial charge in [0.1, 0.15) is 21.2 Å². The van der Waals surface area contributed by atoms with E-state index in [9.17, 15) is 26.4 Å². The number of morpholine rings is 2. The van der Waals surface area contributed by atoms with Crippen molar-refractivity contribution >= 4 is 69.6 Å². The zero-order valence-corrected chi connectivity index (χ0v) is 34.2. The van der Waals surface area contributed by atoms with Crippen LogP contribution in [0, 0.1) is 0 Å². The maximum Gasteiger partial charge on any atom is 0.266 e. The van der Waals surface area contributed by atoms with Crippen molar-refractivity contribution in [3.05, 3.63) is 59.9 Å². The summed E-state index contributed by atoms with van der Waals surface area (Å²) in [5, 5.41) is 0.940. The van der Waals surface area contributed by atoms with E-state index in [0.717, 1.165) is 0 Å². The van der Waals surface area contributed by atoms with Gasteiger partial charge in [-0.25, -0.2) is 16.8 Å². The first-order valence-corrected chi connectivity index (χ1v) is 21.0. The van der Waals surface area contributed by atoms with Gasteiger partial charge in [0.15, 0.2) is 0 Å². The topological polar surface area (TPSA) is 263 Å². The summed E-state index contributed by atoms with van der Waals surface area (Å²) < 4.78 is 64.3. The first kappa shape index (κ1) is 48.6. The molecular formula is C33H55BrN8O8S2. The summed E-state index contributed by atoms with van der Waals surface area (Å²) >= 11 is 2.94. The lowest BCUT2D eigenvalue weighted by atomic mass is 10.2. The molecule has 294 valence electrons. The minimum Gasteiger partial charge on any atom is -0.379 e. The number of hydrogen-bond donors (Lipinski definition) is 6. The number of alkyl halides is 1. The van der Waals surface area contributed by atoms with Gasteiger partial charge in [0, 0.05) is 48.0 Å². The molecule has 0 spiro atoms. The quantitative estimate of drug-likeness (QED) is 0.155. The number of amides is 2. The van der Waals surface area contributed by atoms with Crippen LogP contribution in [0.2, 0.25) is 0 Å². The van der Waals surface area contributed by atoms with Crippen molar-refractivity contribution in [1.82, 2.24) is 18.6 Å². The van der Waals surface area contributed by atoms with E-state index in [-0.39, 0.29) is 47.4 Å². The van der Waals surface area contributed by atoms with Crippen molar-refractivity contribution in [3.63, 3.8) is 0 Å². The molecule has 4 aromatic rings. The van der Waals surface area contributed by atoms with E-state index in [2.05, 4.69) is 37.4 Å². The lowest BCUT2D eigenvalue weighted by Gasteiger charge is -2.26. The summed E-state index contributed by atoms with van der Waals surface area (Å²) in [7, 11) is -4.60. The molecular weight excluding hydrogens is 780 g/mol. The van der Waals surface area contributed by atoms with Crippen LogP contribution >= 0.6 is 15.9 Å². The van der Waals surface area contributed by atoms with E-state index in [1.165, 1.54) is 22.7 Å². The lowest BCUT2D eigenvalue weighted by Crippen LogP contribution is -2.41. The Morgan fingerprint density at radius 2 is 0.865 bits per heavy atom. The Balaban J connectivity index is 0.000000808. The number of para-hydroxylation sites is 2. The molecule has 16 nitrogen and oxygen atoms in total. The first-order valence-electron chi connectivity index (χ1n) is 16.5. The fourth-order valence-corrected chi connectivity index (χ4v) is 8.45. The van der Waals surface area contributed by atoms with E-state index in [4.69, 9.17) is 20.9 Å². The summed E-state index contributed by atoms with van der Waals surface area (Å²) in [6, 6.07) is 13.7. The zero-order valence-electron chi connectivity index (χ0n) is 30.9. The van der Waals surface area contributed by atoms with Gasteiger partial charge in [-0.1, -0.05) is 80.0 Å². The summed E-state index contributed by atoms with van der Waals surface area (Å²) in [5.41, 5.74) is 20.6. The van der Waals surface area contributed by atoms with Crippen molar-refractivity contribution in [1.29, 1.82) is 0 Å². The number of aromatic amines is 2. The van der Waals surface area contributed by atoms with Gasteiger partial charge in [-0.3, -0.25) is 9.59 Å². The molecule has 2 aromatic carbocycles. The number of halogens is 1. The molecule has 52 heavy (non-hydrogen) atoms. The average Bonchev–Trinajstić information content (AvgIpc) is 3.81. The van der Waals surface area contributed by atoms with Gasteiger partial charge in [0.05, 0.1) is 26.4 Å². The number of nitrogens with zero attached hydrogens (tertiary/aromatic N) is 2. The second kappa shape index (κ2) is 24.8. The number of aromatic nitrogens is 2. The molecule has 0 atom stereocenters. The summed E-state index contributed by atoms with van der Waals surface area (Å²) in [5.74, 6) is 0.226. The predicted octanol–water partition coefficient (Wildman–Crippen LogP) is 2.79. The number of rotatable bonds is 6. The number of H-pyrrole nitrogens is 2. The normalized spacial score (nSPS) is 14.4. The molecule has 19 heteroatoms. The predicted molar refractivity (Wildman–Crippen MR) is 211 cm³/mol. The molecule has 4 heterocycles. The maximum absolute atomic E-state index is 12.8. The van der Waals surface area contributed by atoms with Gasteiger partial charge < -0.3 is 42.4 Å². The SMILES string of the molecule is CBr.CC.CC.CN.CN.NC(=O)c1[nH]c2ccccc2c1S(=O)(=O)N1CCOCC1.NC(=O)c1[nH]c2ccccc2c1S(=O)(=O)N1CCOCC1. The molecule has 0 bridgehead atoms. The van der Waals surface area contributed by atoms with Gasteiger partial charge >= 0.3 is 0 Å². The molecule has 10 N–H and O–H groups in total. The summed E-state index contributed by atoms with van der Waals surface area (Å²) in [4.78, 5) is 28.7. The molecule has 2 aliphatic rings. The Kier molecular flexibility index (Phi) is 23.1. The first-order chi connectivity index (χ1) is 25.0. The monoisotopic (exact) mass is 834 g/mol. The Hall–Kier alpha value is -3.40. The van der Waals surface area contributed by atoms with Gasteiger partial charge in [-0.15, -0.1) is 0 Å². The number of fused-ring (bicyclic) bond motifs is 2. The highest BCUT2D eigenvalue weighted by atomic mass is 79.9. The van der Waals surface area contributed by atoms with Gasteiger partial charge in [-0.2, -0.15) is 8.61 Å². The van der Waals surface area contributed by atoms with Gasteiger partial charge in [-0.05, 0) is 32.1 Å². The number of hydrogen-bond acceptors (Lipinski definition) is 10. The molecule has 0 aliphatic carbocycles. The van der Waals surface area contributed by atoms with E-state index in [1.54, 1.807) is 48.5 Å². The fourth-order valence-electron chi connectivity index (χ4n) is 4.95. The number of ether oxygens (including phenoxy) is 2. The van der Waals surface area contributed by atoms with Crippen LogP contribution in [0.3, 0.4) is 0 Å². The Bertz CT molecular complexity index is 1730. The van der Waals surface area contributed by atoms with Gasteiger partial charge in [0.25, 0.3) is 11.8 Å². The highest BCUT2D eigenvalue weighted by molar-refractivity contribution is 9.08. The minimum atomic E-state index is -3.80. The molecule has 2 aromatic heterocycles. The molecule has 2 fully saturated rings. The van der Waals surface area contributed by atoms with Crippen LogP contribution in [0.1, 0.15) is 48.7 Å². The van der Waals surface area contributed by atoms with Crippen LogP contribution in [0.25, 0.3) is 21.8 Å². The molecule has 2 aliphatic heterocycles. The smallest absolute Gasteiger partial charge is 0.266 e. The molecule has 2 amide bonds. The number of nitrogens with two attached hydrogens (primary N) is 4. The second-order valence-corrected chi connectivity index (χ2v) is 13.3. The number of sulfonamides is 2. The van der Waals surface area contributed by atoms with Crippen LogP contribution in [-0.4, -0.2) is 120 Å².